The molecule has 0 aliphatic carbocycles. The Morgan fingerprint density at radius 2 is 1.60 bits per heavy atom. The number of aromatic nitrogens is 1. The van der Waals surface area contributed by atoms with Crippen molar-refractivity contribution in [3.05, 3.63) is 85.1 Å². The largest absolute Gasteiger partial charge is 0.497 e. The SMILES string of the molecule is COc1ccc(NC(=O)Cn2cc(S(=O)(=O)c3ccccc3)c3ccccc32)cc1. The first-order chi connectivity index (χ1) is 14.5. The van der Waals surface area contributed by atoms with Crippen LogP contribution in [0.15, 0.2) is 94.9 Å². The number of nitrogens with one attached hydrogen (secondary N) is 1. The van der Waals surface area contributed by atoms with Gasteiger partial charge in [-0.2, -0.15) is 0 Å². The number of anilines is 1. The highest BCUT2D eigenvalue weighted by Crippen LogP contribution is 2.30. The summed E-state index contributed by atoms with van der Waals surface area (Å²) in [7, 11) is -2.14. The Hall–Kier alpha value is -3.58. The highest BCUT2D eigenvalue weighted by Gasteiger charge is 2.23. The summed E-state index contributed by atoms with van der Waals surface area (Å²) in [6.07, 6.45) is 1.53. The van der Waals surface area contributed by atoms with E-state index in [4.69, 9.17) is 4.74 Å². The number of carbonyl (C=O) groups excluding carboxylic acids is 1. The number of nitrogens with zero attached hydrogens (tertiary/aromatic N) is 1. The van der Waals surface area contributed by atoms with Gasteiger partial charge in [0.15, 0.2) is 0 Å². The van der Waals surface area contributed by atoms with Gasteiger partial charge in [-0.05, 0) is 42.5 Å². The van der Waals surface area contributed by atoms with Crippen molar-refractivity contribution in [2.45, 2.75) is 16.3 Å². The molecule has 0 fully saturated rings. The molecule has 152 valence electrons. The number of hydrogen-bond acceptors (Lipinski definition) is 4. The van der Waals surface area contributed by atoms with E-state index in [0.29, 0.717) is 22.3 Å². The molecule has 30 heavy (non-hydrogen) atoms. The summed E-state index contributed by atoms with van der Waals surface area (Å²) in [5.41, 5.74) is 1.31. The molecule has 4 aromatic rings. The molecule has 1 aromatic heterocycles. The van der Waals surface area contributed by atoms with E-state index >= 15 is 0 Å². The third-order valence-corrected chi connectivity index (χ3v) is 6.58. The number of sulfone groups is 1. The number of ether oxygens (including phenoxy) is 1. The summed E-state index contributed by atoms with van der Waals surface area (Å²) in [6, 6.07) is 22.4. The van der Waals surface area contributed by atoms with E-state index in [1.165, 1.54) is 6.20 Å². The van der Waals surface area contributed by atoms with Crippen LogP contribution in [0.25, 0.3) is 10.9 Å². The lowest BCUT2D eigenvalue weighted by atomic mass is 10.2. The molecule has 7 heteroatoms. The Morgan fingerprint density at radius 1 is 0.933 bits per heavy atom. The lowest BCUT2D eigenvalue weighted by molar-refractivity contribution is -0.116. The fraction of sp³-hybridized carbons (Fsp3) is 0.0870. The van der Waals surface area contributed by atoms with Crippen LogP contribution in [-0.2, 0) is 21.2 Å². The minimum absolute atomic E-state index is 0.0170. The fourth-order valence-electron chi connectivity index (χ4n) is 3.31. The van der Waals surface area contributed by atoms with Gasteiger partial charge in [0, 0.05) is 22.8 Å². The molecule has 1 heterocycles. The molecule has 1 amide bonds. The van der Waals surface area contributed by atoms with Crippen LogP contribution in [0.4, 0.5) is 5.69 Å². The Labute approximate surface area is 174 Å². The summed E-state index contributed by atoms with van der Waals surface area (Å²) in [5.74, 6) is 0.435. The van der Waals surface area contributed by atoms with Crippen molar-refractivity contribution < 1.29 is 17.9 Å². The van der Waals surface area contributed by atoms with Crippen molar-refractivity contribution in [1.29, 1.82) is 0 Å². The minimum Gasteiger partial charge on any atom is -0.497 e. The Balaban J connectivity index is 1.66. The first kappa shape index (κ1) is 19.7. The molecule has 6 nitrogen and oxygen atoms in total. The van der Waals surface area contributed by atoms with Crippen molar-refractivity contribution in [2.75, 3.05) is 12.4 Å². The highest BCUT2D eigenvalue weighted by atomic mass is 32.2. The number of rotatable bonds is 6. The Kier molecular flexibility index (Phi) is 5.29. The molecular weight excluding hydrogens is 400 g/mol. The molecule has 0 spiro atoms. The van der Waals surface area contributed by atoms with Crippen LogP contribution in [0.3, 0.4) is 0 Å². The zero-order chi connectivity index (χ0) is 21.1. The van der Waals surface area contributed by atoms with Gasteiger partial charge in [-0.3, -0.25) is 4.79 Å². The van der Waals surface area contributed by atoms with Gasteiger partial charge >= 0.3 is 0 Å². The standard InChI is InChI=1S/C23H20N2O4S/c1-29-18-13-11-17(12-14-18)24-23(26)16-25-15-22(20-9-5-6-10-21(20)25)30(27,28)19-7-3-2-4-8-19/h2-15H,16H2,1H3,(H,24,26). The smallest absolute Gasteiger partial charge is 0.244 e. The topological polar surface area (TPSA) is 77.4 Å². The quantitative estimate of drug-likeness (QED) is 0.509. The summed E-state index contributed by atoms with van der Waals surface area (Å²) in [5, 5.41) is 3.40. The molecule has 0 aliphatic heterocycles. The van der Waals surface area contributed by atoms with E-state index in [0.717, 1.165) is 0 Å². The first-order valence-corrected chi connectivity index (χ1v) is 10.8. The van der Waals surface area contributed by atoms with E-state index in [-0.39, 0.29) is 22.2 Å². The van der Waals surface area contributed by atoms with Crippen LogP contribution < -0.4 is 10.1 Å². The van der Waals surface area contributed by atoms with Gasteiger partial charge in [-0.1, -0.05) is 36.4 Å². The molecule has 0 saturated heterocycles. The van der Waals surface area contributed by atoms with Crippen LogP contribution in [0.5, 0.6) is 5.75 Å². The summed E-state index contributed by atoms with van der Waals surface area (Å²) >= 11 is 0. The average molecular weight is 420 g/mol. The molecule has 0 aliphatic rings. The highest BCUT2D eigenvalue weighted by molar-refractivity contribution is 7.91. The normalized spacial score (nSPS) is 11.4. The van der Waals surface area contributed by atoms with Crippen molar-refractivity contribution in [1.82, 2.24) is 4.57 Å². The predicted molar refractivity (Wildman–Crippen MR) is 115 cm³/mol. The number of para-hydroxylation sites is 1. The third kappa shape index (κ3) is 3.79. The maximum atomic E-state index is 13.2. The van der Waals surface area contributed by atoms with Crippen LogP contribution >= 0.6 is 0 Å². The van der Waals surface area contributed by atoms with E-state index in [1.54, 1.807) is 84.5 Å². The number of hydrogen-bond donors (Lipinski definition) is 1. The molecule has 0 saturated carbocycles. The van der Waals surface area contributed by atoms with Gasteiger partial charge in [-0.25, -0.2) is 8.42 Å². The molecule has 1 N–H and O–H groups in total. The van der Waals surface area contributed by atoms with Crippen molar-refractivity contribution in [3.8, 4) is 5.75 Å². The summed E-state index contributed by atoms with van der Waals surface area (Å²) < 4.78 is 33.1. The van der Waals surface area contributed by atoms with Gasteiger partial charge in [0.1, 0.15) is 12.3 Å². The number of carbonyl (C=O) groups is 1. The lowest BCUT2D eigenvalue weighted by Crippen LogP contribution is -2.18. The molecular formula is C23H20N2O4S. The van der Waals surface area contributed by atoms with Gasteiger partial charge in [0.2, 0.25) is 15.7 Å². The zero-order valence-electron chi connectivity index (χ0n) is 16.3. The van der Waals surface area contributed by atoms with E-state index in [1.807, 2.05) is 6.07 Å². The molecule has 0 atom stereocenters. The first-order valence-electron chi connectivity index (χ1n) is 9.31. The monoisotopic (exact) mass is 420 g/mol. The second-order valence-corrected chi connectivity index (χ2v) is 8.65. The molecule has 4 rings (SSSR count). The van der Waals surface area contributed by atoms with E-state index < -0.39 is 9.84 Å². The summed E-state index contributed by atoms with van der Waals surface area (Å²) in [6.45, 7) is -0.0170. The van der Waals surface area contributed by atoms with Crippen LogP contribution in [0.1, 0.15) is 0 Å². The number of methoxy groups -OCH3 is 1. The van der Waals surface area contributed by atoms with Crippen LogP contribution in [-0.4, -0.2) is 26.0 Å². The third-order valence-electron chi connectivity index (χ3n) is 4.78. The van der Waals surface area contributed by atoms with E-state index in [9.17, 15) is 13.2 Å². The molecule has 0 bridgehead atoms. The van der Waals surface area contributed by atoms with Gasteiger partial charge in [-0.15, -0.1) is 0 Å². The summed E-state index contributed by atoms with van der Waals surface area (Å²) in [4.78, 5) is 13.0. The van der Waals surface area contributed by atoms with Crippen LogP contribution in [0.2, 0.25) is 0 Å². The van der Waals surface area contributed by atoms with Crippen LogP contribution in [0, 0.1) is 0 Å². The number of amides is 1. The fourth-order valence-corrected chi connectivity index (χ4v) is 4.81. The molecule has 0 unspecified atom stereocenters. The number of benzene rings is 3. The lowest BCUT2D eigenvalue weighted by Gasteiger charge is -2.08. The second kappa shape index (κ2) is 8.04. The molecule has 3 aromatic carbocycles. The van der Waals surface area contributed by atoms with Gasteiger partial charge in [0.25, 0.3) is 0 Å². The Morgan fingerprint density at radius 3 is 2.30 bits per heavy atom. The van der Waals surface area contributed by atoms with Crippen molar-refractivity contribution in [2.24, 2.45) is 0 Å². The predicted octanol–water partition coefficient (Wildman–Crippen LogP) is 4.12. The Bertz CT molecular complexity index is 1290. The molecule has 0 radical (unpaired) electrons. The van der Waals surface area contributed by atoms with Gasteiger partial charge < -0.3 is 14.6 Å². The zero-order valence-corrected chi connectivity index (χ0v) is 17.1. The maximum absolute atomic E-state index is 13.2. The van der Waals surface area contributed by atoms with Crippen molar-refractivity contribution in [3.63, 3.8) is 0 Å². The minimum atomic E-state index is -3.71. The maximum Gasteiger partial charge on any atom is 0.244 e. The number of fused-ring (bicyclic) bond motifs is 1. The average Bonchev–Trinajstić information content (AvgIpc) is 3.14. The van der Waals surface area contributed by atoms with E-state index in [2.05, 4.69) is 5.32 Å². The van der Waals surface area contributed by atoms with Crippen molar-refractivity contribution >= 4 is 32.3 Å². The second-order valence-electron chi connectivity index (χ2n) is 6.73. The van der Waals surface area contributed by atoms with Gasteiger partial charge in [0.05, 0.1) is 16.9 Å².